The third kappa shape index (κ3) is 2.31. The Bertz CT molecular complexity index is 470. The predicted molar refractivity (Wildman–Crippen MR) is 67.7 cm³/mol. The molecule has 0 radical (unpaired) electrons. The van der Waals surface area contributed by atoms with Gasteiger partial charge in [0.25, 0.3) is 0 Å². The van der Waals surface area contributed by atoms with Gasteiger partial charge in [-0.1, -0.05) is 36.4 Å². The van der Waals surface area contributed by atoms with E-state index >= 15 is 0 Å². The molecular weight excluding hydrogens is 218 g/mol. The molecule has 0 aromatic heterocycles. The molecule has 0 spiro atoms. The van der Waals surface area contributed by atoms with E-state index in [2.05, 4.69) is 0 Å². The maximum Gasteiger partial charge on any atom is 0.152 e. The molecule has 2 aromatic carbocycles. The van der Waals surface area contributed by atoms with Gasteiger partial charge in [0.2, 0.25) is 0 Å². The molecule has 0 heterocycles. The summed E-state index contributed by atoms with van der Waals surface area (Å²) >= 11 is 0. The van der Waals surface area contributed by atoms with Gasteiger partial charge in [-0.15, -0.1) is 0 Å². The smallest absolute Gasteiger partial charge is 0.152 e. The number of hydrogen-bond acceptors (Lipinski definition) is 1. The number of nitrogens with zero attached hydrogens (tertiary/aromatic N) is 1. The number of para-hydroxylation sites is 1. The van der Waals surface area contributed by atoms with Gasteiger partial charge < -0.3 is 0 Å². The Morgan fingerprint density at radius 2 is 1.38 bits per heavy atom. The first-order valence-electron chi connectivity index (χ1n) is 5.05. The minimum absolute atomic E-state index is 0.814. The Morgan fingerprint density at radius 1 is 0.875 bits per heavy atom. The zero-order chi connectivity index (χ0) is 11.4. The first-order chi connectivity index (χ1) is 7.79. The van der Waals surface area contributed by atoms with Gasteiger partial charge in [0, 0.05) is 12.7 Å². The Kier molecular flexibility index (Phi) is 3.37. The molecule has 2 aromatic rings. The van der Waals surface area contributed by atoms with Gasteiger partial charge >= 0.3 is 0 Å². The van der Waals surface area contributed by atoms with Crippen molar-refractivity contribution >= 4 is 16.7 Å². The summed E-state index contributed by atoms with van der Waals surface area (Å²) in [7, 11) is 0.686. The van der Waals surface area contributed by atoms with Gasteiger partial charge in [-0.3, -0.25) is 4.31 Å². The molecule has 2 nitrogen and oxygen atoms in total. The summed E-state index contributed by atoms with van der Waals surface area (Å²) in [6, 6.07) is 19.2. The fourth-order valence-electron chi connectivity index (χ4n) is 1.43. The van der Waals surface area contributed by atoms with E-state index in [9.17, 15) is 4.21 Å². The first kappa shape index (κ1) is 10.9. The Labute approximate surface area is 98.1 Å². The second-order valence-corrected chi connectivity index (χ2v) is 4.91. The third-order valence-electron chi connectivity index (χ3n) is 2.31. The van der Waals surface area contributed by atoms with Gasteiger partial charge in [0.05, 0.1) is 4.90 Å². The third-order valence-corrected chi connectivity index (χ3v) is 3.70. The molecule has 0 N–H and O–H groups in total. The van der Waals surface area contributed by atoms with Crippen LogP contribution in [0, 0.1) is 0 Å². The van der Waals surface area contributed by atoms with Gasteiger partial charge in [-0.05, 0) is 24.3 Å². The molecule has 2 rings (SSSR count). The summed E-state index contributed by atoms with van der Waals surface area (Å²) in [6.07, 6.45) is 0. The van der Waals surface area contributed by atoms with Crippen molar-refractivity contribution in [1.29, 1.82) is 0 Å². The topological polar surface area (TPSA) is 20.3 Å². The highest BCUT2D eigenvalue weighted by atomic mass is 32.2. The van der Waals surface area contributed by atoms with E-state index in [4.69, 9.17) is 0 Å². The van der Waals surface area contributed by atoms with Crippen molar-refractivity contribution in [2.75, 3.05) is 11.4 Å². The molecule has 0 fully saturated rings. The van der Waals surface area contributed by atoms with Crippen LogP contribution in [0.4, 0.5) is 5.69 Å². The standard InChI is InChI=1S/C13H13NOS/c1-14(12-8-4-2-5-9-12)16(15)13-10-6-3-7-11-13/h2-11H,1H3. The lowest BCUT2D eigenvalue weighted by Crippen LogP contribution is -2.20. The maximum atomic E-state index is 12.2. The van der Waals surface area contributed by atoms with Crippen molar-refractivity contribution in [2.24, 2.45) is 0 Å². The molecule has 0 aliphatic heterocycles. The van der Waals surface area contributed by atoms with Crippen molar-refractivity contribution in [1.82, 2.24) is 0 Å². The second kappa shape index (κ2) is 4.94. The second-order valence-electron chi connectivity index (χ2n) is 3.40. The van der Waals surface area contributed by atoms with Crippen LogP contribution in [0.1, 0.15) is 0 Å². The molecule has 82 valence electrons. The van der Waals surface area contributed by atoms with E-state index in [0.29, 0.717) is 0 Å². The van der Waals surface area contributed by atoms with Crippen molar-refractivity contribution in [2.45, 2.75) is 4.90 Å². The van der Waals surface area contributed by atoms with Crippen molar-refractivity contribution < 1.29 is 4.21 Å². The van der Waals surface area contributed by atoms with E-state index in [0.717, 1.165) is 10.6 Å². The van der Waals surface area contributed by atoms with Crippen molar-refractivity contribution in [3.05, 3.63) is 60.7 Å². The van der Waals surface area contributed by atoms with Gasteiger partial charge in [0.1, 0.15) is 0 Å². The SMILES string of the molecule is CN(c1ccccc1)S(=O)c1ccccc1. The van der Waals surface area contributed by atoms with Crippen LogP contribution in [0.3, 0.4) is 0 Å². The molecule has 16 heavy (non-hydrogen) atoms. The average molecular weight is 231 g/mol. The van der Waals surface area contributed by atoms with E-state index in [1.807, 2.05) is 67.7 Å². The quantitative estimate of drug-likeness (QED) is 0.795. The first-order valence-corrected chi connectivity index (χ1v) is 6.15. The minimum atomic E-state index is -1.15. The zero-order valence-electron chi connectivity index (χ0n) is 9.04. The zero-order valence-corrected chi connectivity index (χ0v) is 9.85. The van der Waals surface area contributed by atoms with Crippen LogP contribution in [0.2, 0.25) is 0 Å². The van der Waals surface area contributed by atoms with Crippen LogP contribution in [0.15, 0.2) is 65.6 Å². The van der Waals surface area contributed by atoms with Crippen LogP contribution >= 0.6 is 0 Å². The fourth-order valence-corrected chi connectivity index (χ4v) is 2.45. The van der Waals surface area contributed by atoms with Crippen LogP contribution in [0.5, 0.6) is 0 Å². The lowest BCUT2D eigenvalue weighted by Gasteiger charge is -2.17. The lowest BCUT2D eigenvalue weighted by molar-refractivity contribution is 0.682. The summed E-state index contributed by atoms with van der Waals surface area (Å²) in [5, 5.41) is 0. The molecule has 3 heteroatoms. The molecule has 0 aliphatic carbocycles. The van der Waals surface area contributed by atoms with Crippen molar-refractivity contribution in [3.8, 4) is 0 Å². The Balaban J connectivity index is 2.24. The normalized spacial score (nSPS) is 12.1. The Morgan fingerprint density at radius 3 is 1.94 bits per heavy atom. The van der Waals surface area contributed by atoms with E-state index in [1.165, 1.54) is 0 Å². The van der Waals surface area contributed by atoms with E-state index < -0.39 is 11.0 Å². The fraction of sp³-hybridized carbons (Fsp3) is 0.0769. The van der Waals surface area contributed by atoms with Gasteiger partial charge in [-0.25, -0.2) is 4.21 Å². The predicted octanol–water partition coefficient (Wildman–Crippen LogP) is 2.85. The molecule has 0 bridgehead atoms. The highest BCUT2D eigenvalue weighted by molar-refractivity contribution is 7.86. The molecule has 1 atom stereocenters. The molecule has 0 saturated carbocycles. The van der Waals surface area contributed by atoms with Crippen LogP contribution in [-0.4, -0.2) is 11.3 Å². The van der Waals surface area contributed by atoms with Crippen LogP contribution in [-0.2, 0) is 11.0 Å². The summed E-state index contributed by atoms with van der Waals surface area (Å²) in [5.41, 5.74) is 0.949. The highest BCUT2D eigenvalue weighted by Crippen LogP contribution is 2.17. The summed E-state index contributed by atoms with van der Waals surface area (Å²) in [5.74, 6) is 0. The number of rotatable bonds is 3. The number of hydrogen-bond donors (Lipinski definition) is 0. The number of anilines is 1. The number of benzene rings is 2. The molecular formula is C13H13NOS. The van der Waals surface area contributed by atoms with Crippen LogP contribution < -0.4 is 4.31 Å². The van der Waals surface area contributed by atoms with E-state index in [-0.39, 0.29) is 0 Å². The molecule has 0 amide bonds. The average Bonchev–Trinajstić information content (AvgIpc) is 2.39. The summed E-state index contributed by atoms with van der Waals surface area (Å²) in [4.78, 5) is 0.814. The van der Waals surface area contributed by atoms with Gasteiger partial charge in [0.15, 0.2) is 11.0 Å². The van der Waals surface area contributed by atoms with E-state index in [1.54, 1.807) is 4.31 Å². The largest absolute Gasteiger partial charge is 0.291 e. The highest BCUT2D eigenvalue weighted by Gasteiger charge is 2.10. The molecule has 0 aliphatic rings. The summed E-state index contributed by atoms with van der Waals surface area (Å²) in [6.45, 7) is 0. The lowest BCUT2D eigenvalue weighted by atomic mass is 10.3. The Hall–Kier alpha value is -1.61. The minimum Gasteiger partial charge on any atom is -0.291 e. The van der Waals surface area contributed by atoms with Crippen LogP contribution in [0.25, 0.3) is 0 Å². The maximum absolute atomic E-state index is 12.2. The van der Waals surface area contributed by atoms with Crippen molar-refractivity contribution in [3.63, 3.8) is 0 Å². The summed E-state index contributed by atoms with van der Waals surface area (Å²) < 4.78 is 13.9. The monoisotopic (exact) mass is 231 g/mol. The molecule has 1 unspecified atom stereocenters. The molecule has 0 saturated heterocycles. The van der Waals surface area contributed by atoms with Gasteiger partial charge in [-0.2, -0.15) is 0 Å².